The van der Waals surface area contributed by atoms with Gasteiger partial charge in [-0.2, -0.15) is 11.8 Å². The molecule has 2 unspecified atom stereocenters. The fourth-order valence-corrected chi connectivity index (χ4v) is 6.17. The van der Waals surface area contributed by atoms with E-state index in [2.05, 4.69) is 31.0 Å². The van der Waals surface area contributed by atoms with Crippen molar-refractivity contribution in [1.82, 2.24) is 14.9 Å². The Morgan fingerprint density at radius 3 is 2.79 bits per heavy atom. The standard InChI is InChI=1S/C20H30N4O2S2/c1-4-27-15-5-6-20(15,25)12-21-18-17-13(2)14(3)28-19(17)23-16(22-18)11-24-7-9-26-10-8-24/h15,25H,4-12H2,1-3H3,(H,21,22,23). The van der Waals surface area contributed by atoms with Gasteiger partial charge in [-0.3, -0.25) is 4.90 Å². The van der Waals surface area contributed by atoms with Gasteiger partial charge in [0.15, 0.2) is 0 Å². The summed E-state index contributed by atoms with van der Waals surface area (Å²) < 4.78 is 5.45. The Morgan fingerprint density at radius 2 is 2.11 bits per heavy atom. The maximum atomic E-state index is 11.0. The summed E-state index contributed by atoms with van der Waals surface area (Å²) in [6.07, 6.45) is 1.95. The molecule has 2 fully saturated rings. The minimum absolute atomic E-state index is 0.320. The van der Waals surface area contributed by atoms with Gasteiger partial charge in [-0.25, -0.2) is 9.97 Å². The zero-order valence-corrected chi connectivity index (χ0v) is 18.6. The van der Waals surface area contributed by atoms with Crippen LogP contribution in [0, 0.1) is 13.8 Å². The second-order valence-electron chi connectivity index (χ2n) is 7.78. The molecule has 1 aliphatic carbocycles. The molecular weight excluding hydrogens is 392 g/mol. The summed E-state index contributed by atoms with van der Waals surface area (Å²) in [5, 5.41) is 15.9. The van der Waals surface area contributed by atoms with Gasteiger partial charge < -0.3 is 15.2 Å². The van der Waals surface area contributed by atoms with Crippen molar-refractivity contribution in [1.29, 1.82) is 0 Å². The Hall–Kier alpha value is -0.930. The average Bonchev–Trinajstić information content (AvgIpc) is 2.97. The lowest BCUT2D eigenvalue weighted by Crippen LogP contribution is -2.54. The summed E-state index contributed by atoms with van der Waals surface area (Å²) in [5.41, 5.74) is 0.599. The Kier molecular flexibility index (Phi) is 6.13. The third-order valence-corrected chi connectivity index (χ3v) is 8.42. The summed E-state index contributed by atoms with van der Waals surface area (Å²) in [6, 6.07) is 0. The van der Waals surface area contributed by atoms with E-state index in [9.17, 15) is 5.11 Å². The van der Waals surface area contributed by atoms with Crippen molar-refractivity contribution in [2.24, 2.45) is 0 Å². The molecule has 6 nitrogen and oxygen atoms in total. The highest BCUT2D eigenvalue weighted by atomic mass is 32.2. The molecule has 2 atom stereocenters. The zero-order chi connectivity index (χ0) is 19.7. The summed E-state index contributed by atoms with van der Waals surface area (Å²) in [6.45, 7) is 11.1. The van der Waals surface area contributed by atoms with Crippen molar-refractivity contribution in [3.8, 4) is 0 Å². The van der Waals surface area contributed by atoms with Gasteiger partial charge in [-0.1, -0.05) is 6.92 Å². The lowest BCUT2D eigenvalue weighted by atomic mass is 9.79. The van der Waals surface area contributed by atoms with Crippen LogP contribution >= 0.6 is 23.1 Å². The predicted octanol–water partition coefficient (Wildman–Crippen LogP) is 3.20. The monoisotopic (exact) mass is 422 g/mol. The Labute approximate surface area is 175 Å². The van der Waals surface area contributed by atoms with Crippen molar-refractivity contribution < 1.29 is 9.84 Å². The predicted molar refractivity (Wildman–Crippen MR) is 118 cm³/mol. The van der Waals surface area contributed by atoms with Gasteiger partial charge in [0.1, 0.15) is 16.5 Å². The second-order valence-corrected chi connectivity index (χ2v) is 10.5. The molecule has 2 aromatic rings. The highest BCUT2D eigenvalue weighted by molar-refractivity contribution is 8.00. The molecule has 2 aliphatic rings. The van der Waals surface area contributed by atoms with E-state index in [1.807, 2.05) is 11.8 Å². The molecule has 0 radical (unpaired) electrons. The van der Waals surface area contributed by atoms with Crippen LogP contribution in [0.5, 0.6) is 0 Å². The summed E-state index contributed by atoms with van der Waals surface area (Å²) in [5.74, 6) is 2.76. The summed E-state index contributed by atoms with van der Waals surface area (Å²) in [7, 11) is 0. The quantitative estimate of drug-likeness (QED) is 0.710. The topological polar surface area (TPSA) is 70.5 Å². The number of nitrogens with one attached hydrogen (secondary N) is 1. The van der Waals surface area contributed by atoms with Crippen LogP contribution in [-0.2, 0) is 11.3 Å². The number of rotatable bonds is 7. The second kappa shape index (κ2) is 8.44. The summed E-state index contributed by atoms with van der Waals surface area (Å²) in [4.78, 5) is 14.4. The van der Waals surface area contributed by atoms with Gasteiger partial charge in [0.05, 0.1) is 30.7 Å². The third-order valence-electron chi connectivity index (χ3n) is 5.91. The number of hydrogen-bond donors (Lipinski definition) is 2. The molecule has 28 heavy (non-hydrogen) atoms. The number of aliphatic hydroxyl groups is 1. The van der Waals surface area contributed by atoms with Crippen LogP contribution in [0.15, 0.2) is 0 Å². The molecule has 2 N–H and O–H groups in total. The van der Waals surface area contributed by atoms with E-state index in [0.717, 1.165) is 73.3 Å². The number of fused-ring (bicyclic) bond motifs is 1. The first-order valence-electron chi connectivity index (χ1n) is 10.1. The zero-order valence-electron chi connectivity index (χ0n) is 17.0. The van der Waals surface area contributed by atoms with Crippen LogP contribution in [-0.4, -0.2) is 69.4 Å². The molecule has 8 heteroatoms. The third kappa shape index (κ3) is 4.03. The normalized spacial score (nSPS) is 25.8. The molecule has 0 amide bonds. The van der Waals surface area contributed by atoms with Crippen molar-refractivity contribution in [2.45, 2.75) is 51.0 Å². The molecule has 4 rings (SSSR count). The van der Waals surface area contributed by atoms with Gasteiger partial charge in [-0.15, -0.1) is 11.3 Å². The van der Waals surface area contributed by atoms with Crippen LogP contribution in [0.1, 0.15) is 36.0 Å². The molecule has 0 aromatic carbocycles. The fourth-order valence-electron chi connectivity index (χ4n) is 3.93. The molecule has 1 aliphatic heterocycles. The number of aromatic nitrogens is 2. The molecule has 1 saturated heterocycles. The van der Waals surface area contributed by atoms with Crippen molar-refractivity contribution in [2.75, 3.05) is 43.9 Å². The molecule has 3 heterocycles. The number of nitrogens with zero attached hydrogens (tertiary/aromatic N) is 3. The van der Waals surface area contributed by atoms with Crippen LogP contribution in [0.25, 0.3) is 10.2 Å². The first kappa shape index (κ1) is 20.3. The van der Waals surface area contributed by atoms with Crippen LogP contribution in [0.4, 0.5) is 5.82 Å². The van der Waals surface area contributed by atoms with E-state index < -0.39 is 5.60 Å². The van der Waals surface area contributed by atoms with Gasteiger partial charge in [0, 0.05) is 29.8 Å². The Bertz CT molecular complexity index is 837. The molecular formula is C20H30N4O2S2. The highest BCUT2D eigenvalue weighted by Gasteiger charge is 2.45. The highest BCUT2D eigenvalue weighted by Crippen LogP contribution is 2.42. The van der Waals surface area contributed by atoms with Crippen molar-refractivity contribution in [3.63, 3.8) is 0 Å². The molecule has 2 aromatic heterocycles. The van der Waals surface area contributed by atoms with Gasteiger partial charge in [0.2, 0.25) is 0 Å². The number of hydrogen-bond acceptors (Lipinski definition) is 8. The first-order valence-corrected chi connectivity index (χ1v) is 12.0. The van der Waals surface area contributed by atoms with Crippen LogP contribution in [0.3, 0.4) is 0 Å². The number of thiophene rings is 1. The Balaban J connectivity index is 1.58. The van der Waals surface area contributed by atoms with E-state index in [-0.39, 0.29) is 0 Å². The fraction of sp³-hybridized carbons (Fsp3) is 0.700. The minimum atomic E-state index is -0.638. The summed E-state index contributed by atoms with van der Waals surface area (Å²) >= 11 is 3.59. The van der Waals surface area contributed by atoms with E-state index >= 15 is 0 Å². The SMILES string of the molecule is CCSC1CCC1(O)CNc1nc(CN2CCOCC2)nc2sc(C)c(C)c12. The maximum absolute atomic E-state index is 11.0. The number of aryl methyl sites for hydroxylation is 2. The van der Waals surface area contributed by atoms with Gasteiger partial charge in [0.25, 0.3) is 0 Å². The number of ether oxygens (including phenoxy) is 1. The molecule has 0 spiro atoms. The lowest BCUT2D eigenvalue weighted by Gasteiger charge is -2.45. The number of morpholine rings is 1. The van der Waals surface area contributed by atoms with E-state index in [1.165, 1.54) is 10.4 Å². The van der Waals surface area contributed by atoms with Crippen LogP contribution < -0.4 is 5.32 Å². The van der Waals surface area contributed by atoms with Crippen LogP contribution in [0.2, 0.25) is 0 Å². The smallest absolute Gasteiger partial charge is 0.146 e. The van der Waals surface area contributed by atoms with E-state index in [0.29, 0.717) is 11.8 Å². The number of anilines is 1. The molecule has 1 saturated carbocycles. The molecule has 0 bridgehead atoms. The average molecular weight is 423 g/mol. The lowest BCUT2D eigenvalue weighted by molar-refractivity contribution is -0.0120. The van der Waals surface area contributed by atoms with E-state index in [1.54, 1.807) is 11.3 Å². The number of thioether (sulfide) groups is 1. The minimum Gasteiger partial charge on any atom is -0.387 e. The largest absolute Gasteiger partial charge is 0.387 e. The first-order chi connectivity index (χ1) is 13.5. The van der Waals surface area contributed by atoms with Gasteiger partial charge in [-0.05, 0) is 38.0 Å². The maximum Gasteiger partial charge on any atom is 0.146 e. The molecule has 154 valence electrons. The van der Waals surface area contributed by atoms with E-state index in [4.69, 9.17) is 14.7 Å². The Morgan fingerprint density at radius 1 is 1.32 bits per heavy atom. The van der Waals surface area contributed by atoms with Crippen molar-refractivity contribution >= 4 is 39.1 Å². The van der Waals surface area contributed by atoms with Gasteiger partial charge >= 0.3 is 0 Å². The van der Waals surface area contributed by atoms with Crippen molar-refractivity contribution in [3.05, 3.63) is 16.3 Å².